The number of aromatic hydroxyl groups is 1. The van der Waals surface area contributed by atoms with E-state index in [1.165, 1.54) is 19.3 Å². The van der Waals surface area contributed by atoms with Crippen molar-refractivity contribution in [3.8, 4) is 17.0 Å². The van der Waals surface area contributed by atoms with Crippen LogP contribution in [0.4, 0.5) is 0 Å². The zero-order chi connectivity index (χ0) is 17.1. The number of hydrogen-bond donors (Lipinski definition) is 2. The number of rotatable bonds is 4. The molecule has 2 aromatic rings. The van der Waals surface area contributed by atoms with Crippen LogP contribution in [0.3, 0.4) is 0 Å². The lowest BCUT2D eigenvalue weighted by molar-refractivity contribution is -0.132. The van der Waals surface area contributed by atoms with Crippen LogP contribution in [-0.2, 0) is 4.79 Å². The summed E-state index contributed by atoms with van der Waals surface area (Å²) < 4.78 is 2.03. The summed E-state index contributed by atoms with van der Waals surface area (Å²) in [6.45, 7) is 1.57. The van der Waals surface area contributed by atoms with E-state index in [-0.39, 0.29) is 11.3 Å². The molecule has 0 radical (unpaired) electrons. The Balaban J connectivity index is 2.03. The highest BCUT2D eigenvalue weighted by molar-refractivity contribution is 5.91. The number of phenols is 1. The number of nitrogens with zero attached hydrogens (tertiary/aromatic N) is 2. The number of carboxylic acid groups (broad SMARTS) is 1. The van der Waals surface area contributed by atoms with Crippen LogP contribution in [0.25, 0.3) is 17.3 Å². The van der Waals surface area contributed by atoms with E-state index in [0.29, 0.717) is 11.7 Å². The Labute approximate surface area is 141 Å². The highest BCUT2D eigenvalue weighted by atomic mass is 16.4. The van der Waals surface area contributed by atoms with Gasteiger partial charge < -0.3 is 10.2 Å². The van der Waals surface area contributed by atoms with Crippen LogP contribution >= 0.6 is 0 Å². The highest BCUT2D eigenvalue weighted by Crippen LogP contribution is 2.33. The number of aliphatic carboxylic acids is 1. The van der Waals surface area contributed by atoms with Crippen molar-refractivity contribution in [2.24, 2.45) is 0 Å². The van der Waals surface area contributed by atoms with Crippen LogP contribution in [0, 0.1) is 0 Å². The molecule has 0 saturated heterocycles. The molecule has 0 amide bonds. The minimum Gasteiger partial charge on any atom is -0.508 e. The lowest BCUT2D eigenvalue weighted by atomic mass is 9.95. The van der Waals surface area contributed by atoms with Crippen molar-refractivity contribution in [3.63, 3.8) is 0 Å². The average molecular weight is 326 g/mol. The summed E-state index contributed by atoms with van der Waals surface area (Å²) in [5.74, 6) is -0.710. The van der Waals surface area contributed by atoms with Gasteiger partial charge in [-0.2, -0.15) is 5.10 Å². The Morgan fingerprint density at radius 3 is 2.50 bits per heavy atom. The fourth-order valence-electron chi connectivity index (χ4n) is 3.22. The number of carboxylic acids is 1. The first-order valence-electron chi connectivity index (χ1n) is 8.35. The molecule has 2 N–H and O–H groups in total. The fraction of sp³-hybridized carbons (Fsp3) is 0.368. The Kier molecular flexibility index (Phi) is 4.69. The SMILES string of the molecule is CC(=Cc1cc(-c2ccc(O)cc2)n(C2CCCCC2)n1)C(=O)O. The molecule has 24 heavy (non-hydrogen) atoms. The number of benzene rings is 1. The minimum atomic E-state index is -0.937. The summed E-state index contributed by atoms with van der Waals surface area (Å²) in [4.78, 5) is 11.1. The van der Waals surface area contributed by atoms with Crippen molar-refractivity contribution in [1.82, 2.24) is 9.78 Å². The van der Waals surface area contributed by atoms with E-state index in [1.54, 1.807) is 25.1 Å². The van der Waals surface area contributed by atoms with Crippen molar-refractivity contribution < 1.29 is 15.0 Å². The highest BCUT2D eigenvalue weighted by Gasteiger charge is 2.20. The van der Waals surface area contributed by atoms with Gasteiger partial charge in [-0.1, -0.05) is 19.3 Å². The van der Waals surface area contributed by atoms with Gasteiger partial charge in [-0.05, 0) is 56.2 Å². The third kappa shape index (κ3) is 3.50. The Morgan fingerprint density at radius 2 is 1.88 bits per heavy atom. The molecular weight excluding hydrogens is 304 g/mol. The van der Waals surface area contributed by atoms with E-state index in [4.69, 9.17) is 5.11 Å². The van der Waals surface area contributed by atoms with Crippen LogP contribution in [0.15, 0.2) is 35.9 Å². The molecule has 3 rings (SSSR count). The number of phenolic OH excluding ortho intramolecular Hbond substituents is 1. The maximum Gasteiger partial charge on any atom is 0.331 e. The van der Waals surface area contributed by atoms with Gasteiger partial charge in [0.1, 0.15) is 5.75 Å². The van der Waals surface area contributed by atoms with E-state index in [1.807, 2.05) is 22.9 Å². The van der Waals surface area contributed by atoms with Gasteiger partial charge in [-0.25, -0.2) is 4.79 Å². The maximum atomic E-state index is 11.1. The summed E-state index contributed by atoms with van der Waals surface area (Å²) in [5.41, 5.74) is 2.86. The molecule has 1 saturated carbocycles. The van der Waals surface area contributed by atoms with Gasteiger partial charge in [0, 0.05) is 11.1 Å². The van der Waals surface area contributed by atoms with Crippen molar-refractivity contribution in [1.29, 1.82) is 0 Å². The molecular formula is C19H22N2O3. The monoisotopic (exact) mass is 326 g/mol. The van der Waals surface area contributed by atoms with Crippen molar-refractivity contribution in [2.75, 3.05) is 0 Å². The van der Waals surface area contributed by atoms with Crippen molar-refractivity contribution in [2.45, 2.75) is 45.1 Å². The van der Waals surface area contributed by atoms with Gasteiger partial charge >= 0.3 is 5.97 Å². The molecule has 1 heterocycles. The van der Waals surface area contributed by atoms with Gasteiger partial charge in [-0.3, -0.25) is 4.68 Å². The summed E-state index contributed by atoms with van der Waals surface area (Å²) in [7, 11) is 0. The van der Waals surface area contributed by atoms with Gasteiger partial charge in [0.05, 0.1) is 17.4 Å². The van der Waals surface area contributed by atoms with E-state index in [0.717, 1.165) is 24.1 Å². The fourth-order valence-corrected chi connectivity index (χ4v) is 3.22. The normalized spacial score (nSPS) is 16.3. The average Bonchev–Trinajstić information content (AvgIpc) is 3.00. The van der Waals surface area contributed by atoms with Gasteiger partial charge in [0.2, 0.25) is 0 Å². The zero-order valence-electron chi connectivity index (χ0n) is 13.8. The summed E-state index contributed by atoms with van der Waals surface area (Å²) >= 11 is 0. The molecule has 0 bridgehead atoms. The molecule has 1 aliphatic rings. The zero-order valence-corrected chi connectivity index (χ0v) is 13.8. The summed E-state index contributed by atoms with van der Waals surface area (Å²) in [6, 6.07) is 9.31. The maximum absolute atomic E-state index is 11.1. The Bertz CT molecular complexity index is 753. The first kappa shape index (κ1) is 16.3. The van der Waals surface area contributed by atoms with E-state index < -0.39 is 5.97 Å². The first-order valence-corrected chi connectivity index (χ1v) is 8.35. The molecule has 126 valence electrons. The molecule has 1 aliphatic carbocycles. The lowest BCUT2D eigenvalue weighted by Gasteiger charge is -2.24. The molecule has 5 nitrogen and oxygen atoms in total. The smallest absolute Gasteiger partial charge is 0.331 e. The van der Waals surface area contributed by atoms with Crippen molar-refractivity contribution in [3.05, 3.63) is 41.6 Å². The van der Waals surface area contributed by atoms with Gasteiger partial charge in [0.15, 0.2) is 0 Å². The summed E-state index contributed by atoms with van der Waals surface area (Å²) in [5, 5.41) is 23.3. The second-order valence-corrected chi connectivity index (χ2v) is 6.37. The largest absolute Gasteiger partial charge is 0.508 e. The number of aromatic nitrogens is 2. The Morgan fingerprint density at radius 1 is 1.21 bits per heavy atom. The molecule has 5 heteroatoms. The Hall–Kier alpha value is -2.56. The third-order valence-corrected chi connectivity index (χ3v) is 4.54. The van der Waals surface area contributed by atoms with Crippen LogP contribution in [0.1, 0.15) is 50.8 Å². The molecule has 1 fully saturated rings. The van der Waals surface area contributed by atoms with E-state index in [9.17, 15) is 9.90 Å². The molecule has 0 spiro atoms. The predicted molar refractivity (Wildman–Crippen MR) is 92.7 cm³/mol. The topological polar surface area (TPSA) is 75.3 Å². The number of carbonyl (C=O) groups is 1. The molecule has 1 aromatic carbocycles. The van der Waals surface area contributed by atoms with Crippen LogP contribution < -0.4 is 0 Å². The molecule has 0 unspecified atom stereocenters. The molecule has 0 atom stereocenters. The van der Waals surface area contributed by atoms with Crippen LogP contribution in [-0.4, -0.2) is 26.0 Å². The quantitative estimate of drug-likeness (QED) is 0.824. The second kappa shape index (κ2) is 6.91. The van der Waals surface area contributed by atoms with Gasteiger partial charge in [-0.15, -0.1) is 0 Å². The molecule has 0 aliphatic heterocycles. The predicted octanol–water partition coefficient (Wildman–Crippen LogP) is 4.25. The van der Waals surface area contributed by atoms with E-state index in [2.05, 4.69) is 5.10 Å². The van der Waals surface area contributed by atoms with E-state index >= 15 is 0 Å². The summed E-state index contributed by atoms with van der Waals surface area (Å²) in [6.07, 6.45) is 7.43. The number of hydrogen-bond acceptors (Lipinski definition) is 3. The van der Waals surface area contributed by atoms with Crippen molar-refractivity contribution >= 4 is 12.0 Å². The second-order valence-electron chi connectivity index (χ2n) is 6.37. The molecule has 1 aromatic heterocycles. The standard InChI is InChI=1S/C19H22N2O3/c1-13(19(23)24)11-15-12-18(14-7-9-17(22)10-8-14)21(20-15)16-5-3-2-4-6-16/h7-12,16,22H,2-6H2,1H3,(H,23,24). The first-order chi connectivity index (χ1) is 11.5. The lowest BCUT2D eigenvalue weighted by Crippen LogP contribution is -2.15. The van der Waals surface area contributed by atoms with Crippen LogP contribution in [0.5, 0.6) is 5.75 Å². The minimum absolute atomic E-state index is 0.226. The van der Waals surface area contributed by atoms with Crippen LogP contribution in [0.2, 0.25) is 0 Å². The van der Waals surface area contributed by atoms with Gasteiger partial charge in [0.25, 0.3) is 0 Å². The third-order valence-electron chi connectivity index (χ3n) is 4.54.